The number of hydrogen-bond acceptors (Lipinski definition) is 4. The van der Waals surface area contributed by atoms with Crippen LogP contribution in [-0.2, 0) is 0 Å². The minimum absolute atomic E-state index is 0.357. The summed E-state index contributed by atoms with van der Waals surface area (Å²) in [4.78, 5) is 10.2. The second-order valence-electron chi connectivity index (χ2n) is 3.77. The summed E-state index contributed by atoms with van der Waals surface area (Å²) in [6, 6.07) is 1.95. The lowest BCUT2D eigenvalue weighted by Gasteiger charge is -2.21. The van der Waals surface area contributed by atoms with Crippen LogP contribution in [0, 0.1) is 17.2 Å². The van der Waals surface area contributed by atoms with Gasteiger partial charge in [0.2, 0.25) is 0 Å². The summed E-state index contributed by atoms with van der Waals surface area (Å²) in [5.74, 6) is 1.45. The highest BCUT2D eigenvalue weighted by atomic mass is 15.2. The number of anilines is 1. The van der Waals surface area contributed by atoms with E-state index in [0.717, 1.165) is 18.8 Å². The Hall–Kier alpha value is -1.63. The molecule has 1 heterocycles. The molecule has 0 bridgehead atoms. The molecule has 4 nitrogen and oxygen atoms in total. The summed E-state index contributed by atoms with van der Waals surface area (Å²) < 4.78 is 0. The Labute approximate surface area is 90.6 Å². The molecule has 0 amide bonds. The molecule has 1 aromatic rings. The molecule has 1 rings (SSSR count). The predicted molar refractivity (Wildman–Crippen MR) is 59.5 cm³/mol. The first kappa shape index (κ1) is 11.4. The van der Waals surface area contributed by atoms with Gasteiger partial charge in [-0.15, -0.1) is 0 Å². The number of aromatic nitrogens is 2. The summed E-state index contributed by atoms with van der Waals surface area (Å²) in [6.07, 6.45) is 4.29. The van der Waals surface area contributed by atoms with Gasteiger partial charge in [0.1, 0.15) is 11.9 Å². The first-order valence-corrected chi connectivity index (χ1v) is 5.10. The summed E-state index contributed by atoms with van der Waals surface area (Å²) in [5, 5.41) is 8.58. The highest BCUT2D eigenvalue weighted by Gasteiger charge is 2.06. The van der Waals surface area contributed by atoms with Crippen molar-refractivity contribution in [2.24, 2.45) is 5.92 Å². The largest absolute Gasteiger partial charge is 0.358 e. The molecule has 0 aliphatic carbocycles. The van der Waals surface area contributed by atoms with E-state index < -0.39 is 0 Å². The van der Waals surface area contributed by atoms with Crippen LogP contribution >= 0.6 is 0 Å². The van der Waals surface area contributed by atoms with E-state index in [9.17, 15) is 0 Å². The Morgan fingerprint density at radius 1 is 1.47 bits per heavy atom. The Bertz CT molecular complexity index is 339. The fraction of sp³-hybridized carbons (Fsp3) is 0.545. The molecule has 0 aliphatic rings. The maximum absolute atomic E-state index is 8.58. The summed E-state index contributed by atoms with van der Waals surface area (Å²) in [7, 11) is 1.99. The minimum atomic E-state index is 0.357. The van der Waals surface area contributed by atoms with Gasteiger partial charge in [0, 0.05) is 13.6 Å². The molecular formula is C11H16N4. The van der Waals surface area contributed by atoms with Gasteiger partial charge in [0.25, 0.3) is 0 Å². The molecule has 0 N–H and O–H groups in total. The predicted octanol–water partition coefficient (Wildman–Crippen LogP) is 1.83. The van der Waals surface area contributed by atoms with Gasteiger partial charge in [-0.1, -0.05) is 20.3 Å². The second-order valence-corrected chi connectivity index (χ2v) is 3.77. The zero-order valence-electron chi connectivity index (χ0n) is 9.44. The van der Waals surface area contributed by atoms with E-state index in [1.54, 1.807) is 6.20 Å². The molecule has 0 aliphatic heterocycles. The molecule has 0 saturated heterocycles. The Kier molecular flexibility index (Phi) is 4.04. The summed E-state index contributed by atoms with van der Waals surface area (Å²) in [5.41, 5.74) is 0.357. The molecule has 0 saturated carbocycles. The molecule has 0 spiro atoms. The van der Waals surface area contributed by atoms with Crippen LogP contribution in [-0.4, -0.2) is 23.6 Å². The Morgan fingerprint density at radius 2 is 2.20 bits per heavy atom. The van der Waals surface area contributed by atoms with Gasteiger partial charge < -0.3 is 4.90 Å². The first-order chi connectivity index (χ1) is 7.17. The monoisotopic (exact) mass is 204 g/mol. The SMILES string of the molecule is CCC(C)CN(C)c1cnc(C#N)cn1. The number of nitrogens with zero attached hydrogens (tertiary/aromatic N) is 4. The smallest absolute Gasteiger partial charge is 0.158 e. The van der Waals surface area contributed by atoms with Crippen molar-refractivity contribution in [2.45, 2.75) is 20.3 Å². The third-order valence-corrected chi connectivity index (χ3v) is 2.43. The van der Waals surface area contributed by atoms with E-state index >= 15 is 0 Å². The van der Waals surface area contributed by atoms with Crippen molar-refractivity contribution in [1.29, 1.82) is 5.26 Å². The maximum atomic E-state index is 8.58. The van der Waals surface area contributed by atoms with Gasteiger partial charge in [0.05, 0.1) is 12.4 Å². The van der Waals surface area contributed by atoms with Crippen molar-refractivity contribution in [3.05, 3.63) is 18.1 Å². The maximum Gasteiger partial charge on any atom is 0.158 e. The van der Waals surface area contributed by atoms with Gasteiger partial charge in [-0.2, -0.15) is 5.26 Å². The van der Waals surface area contributed by atoms with E-state index in [1.807, 2.05) is 13.1 Å². The van der Waals surface area contributed by atoms with Crippen molar-refractivity contribution in [3.8, 4) is 6.07 Å². The molecule has 15 heavy (non-hydrogen) atoms. The number of rotatable bonds is 4. The van der Waals surface area contributed by atoms with Crippen molar-refractivity contribution < 1.29 is 0 Å². The molecule has 1 aromatic heterocycles. The van der Waals surface area contributed by atoms with Gasteiger partial charge in [-0.05, 0) is 5.92 Å². The lowest BCUT2D eigenvalue weighted by atomic mass is 10.1. The highest BCUT2D eigenvalue weighted by molar-refractivity contribution is 5.35. The van der Waals surface area contributed by atoms with Gasteiger partial charge >= 0.3 is 0 Å². The topological polar surface area (TPSA) is 52.8 Å². The molecule has 1 unspecified atom stereocenters. The fourth-order valence-corrected chi connectivity index (χ4v) is 1.27. The third kappa shape index (κ3) is 3.21. The summed E-state index contributed by atoms with van der Waals surface area (Å²) in [6.45, 7) is 5.33. The standard InChI is InChI=1S/C11H16N4/c1-4-9(2)8-15(3)11-7-13-10(5-12)6-14-11/h6-7,9H,4,8H2,1-3H3. The first-order valence-electron chi connectivity index (χ1n) is 5.10. The van der Waals surface area contributed by atoms with E-state index in [0.29, 0.717) is 11.6 Å². The lowest BCUT2D eigenvalue weighted by molar-refractivity contribution is 0.557. The number of hydrogen-bond donors (Lipinski definition) is 0. The minimum Gasteiger partial charge on any atom is -0.358 e. The van der Waals surface area contributed by atoms with Crippen molar-refractivity contribution >= 4 is 5.82 Å². The van der Waals surface area contributed by atoms with Gasteiger partial charge in [0.15, 0.2) is 5.69 Å². The highest BCUT2D eigenvalue weighted by Crippen LogP contribution is 2.10. The van der Waals surface area contributed by atoms with Crippen LogP contribution < -0.4 is 4.90 Å². The van der Waals surface area contributed by atoms with E-state index in [-0.39, 0.29) is 0 Å². The Morgan fingerprint density at radius 3 is 2.67 bits per heavy atom. The van der Waals surface area contributed by atoms with E-state index in [4.69, 9.17) is 5.26 Å². The van der Waals surface area contributed by atoms with Crippen LogP contribution in [0.3, 0.4) is 0 Å². The zero-order chi connectivity index (χ0) is 11.3. The molecule has 80 valence electrons. The van der Waals surface area contributed by atoms with Crippen molar-refractivity contribution in [1.82, 2.24) is 9.97 Å². The van der Waals surface area contributed by atoms with Gasteiger partial charge in [-0.25, -0.2) is 9.97 Å². The van der Waals surface area contributed by atoms with Crippen LogP contribution in [0.4, 0.5) is 5.82 Å². The normalized spacial score (nSPS) is 11.9. The van der Waals surface area contributed by atoms with E-state index in [1.165, 1.54) is 6.20 Å². The van der Waals surface area contributed by atoms with Crippen molar-refractivity contribution in [2.75, 3.05) is 18.5 Å². The molecule has 0 fully saturated rings. The molecular weight excluding hydrogens is 188 g/mol. The fourth-order valence-electron chi connectivity index (χ4n) is 1.27. The van der Waals surface area contributed by atoms with Gasteiger partial charge in [-0.3, -0.25) is 0 Å². The van der Waals surface area contributed by atoms with Crippen LogP contribution in [0.25, 0.3) is 0 Å². The molecule has 0 aromatic carbocycles. The van der Waals surface area contributed by atoms with Crippen LogP contribution in [0.1, 0.15) is 26.0 Å². The van der Waals surface area contributed by atoms with Crippen LogP contribution in [0.2, 0.25) is 0 Å². The van der Waals surface area contributed by atoms with E-state index in [2.05, 4.69) is 28.7 Å². The Balaban J connectivity index is 2.66. The average Bonchev–Trinajstić information content (AvgIpc) is 2.29. The third-order valence-electron chi connectivity index (χ3n) is 2.43. The zero-order valence-corrected chi connectivity index (χ0v) is 9.44. The van der Waals surface area contributed by atoms with Crippen molar-refractivity contribution in [3.63, 3.8) is 0 Å². The lowest BCUT2D eigenvalue weighted by Crippen LogP contribution is -2.24. The summed E-state index contributed by atoms with van der Waals surface area (Å²) >= 11 is 0. The molecule has 4 heteroatoms. The quantitative estimate of drug-likeness (QED) is 0.750. The molecule has 0 radical (unpaired) electrons. The number of nitriles is 1. The molecule has 1 atom stereocenters. The van der Waals surface area contributed by atoms with Crippen LogP contribution in [0.15, 0.2) is 12.4 Å². The average molecular weight is 204 g/mol. The second kappa shape index (κ2) is 5.30. The van der Waals surface area contributed by atoms with Crippen LogP contribution in [0.5, 0.6) is 0 Å².